The van der Waals surface area contributed by atoms with Crippen LogP contribution in [0, 0.1) is 0 Å². The van der Waals surface area contributed by atoms with Crippen molar-refractivity contribution in [1.82, 2.24) is 14.9 Å². The lowest BCUT2D eigenvalue weighted by Gasteiger charge is -1.93. The summed E-state index contributed by atoms with van der Waals surface area (Å²) in [7, 11) is 0. The molecule has 0 aliphatic heterocycles. The third-order valence-electron chi connectivity index (χ3n) is 1.18. The van der Waals surface area contributed by atoms with E-state index in [0.717, 1.165) is 5.71 Å². The Hall–Kier alpha value is -1.45. The van der Waals surface area contributed by atoms with Crippen LogP contribution in [-0.2, 0) is 0 Å². The van der Waals surface area contributed by atoms with Crippen molar-refractivity contribution >= 4 is 5.71 Å². The van der Waals surface area contributed by atoms with Gasteiger partial charge in [0, 0.05) is 0 Å². The molecule has 64 valence electrons. The first-order chi connectivity index (χ1) is 5.68. The third kappa shape index (κ3) is 2.65. The predicted molar refractivity (Wildman–Crippen MR) is 48.0 cm³/mol. The average Bonchev–Trinajstić information content (AvgIpc) is 2.37. The van der Waals surface area contributed by atoms with Crippen LogP contribution in [0.15, 0.2) is 29.4 Å². The van der Waals surface area contributed by atoms with Gasteiger partial charge < -0.3 is 0 Å². The molecule has 4 heteroatoms. The molecule has 0 aliphatic rings. The van der Waals surface area contributed by atoms with Gasteiger partial charge in [0.1, 0.15) is 12.7 Å². The van der Waals surface area contributed by atoms with E-state index in [1.165, 1.54) is 5.57 Å². The number of rotatable bonds is 2. The third-order valence-corrected chi connectivity index (χ3v) is 1.18. The molecule has 0 saturated heterocycles. The summed E-state index contributed by atoms with van der Waals surface area (Å²) < 4.78 is 1.58. The lowest BCUT2D eigenvalue weighted by Crippen LogP contribution is -1.92. The second-order valence-electron chi connectivity index (χ2n) is 2.80. The molecule has 1 aromatic rings. The second-order valence-corrected chi connectivity index (χ2v) is 2.80. The van der Waals surface area contributed by atoms with E-state index in [1.807, 2.05) is 26.8 Å². The van der Waals surface area contributed by atoms with Gasteiger partial charge in [-0.15, -0.1) is 10.2 Å². The highest BCUT2D eigenvalue weighted by Gasteiger charge is 1.87. The van der Waals surface area contributed by atoms with Gasteiger partial charge in [0.15, 0.2) is 0 Å². The molecule has 0 N–H and O–H groups in total. The van der Waals surface area contributed by atoms with Crippen LogP contribution < -0.4 is 0 Å². The van der Waals surface area contributed by atoms with Gasteiger partial charge in [-0.1, -0.05) is 5.57 Å². The molecule has 0 aliphatic carbocycles. The molecular weight excluding hydrogens is 152 g/mol. The van der Waals surface area contributed by atoms with Crippen LogP contribution >= 0.6 is 0 Å². The van der Waals surface area contributed by atoms with E-state index in [4.69, 9.17) is 0 Å². The van der Waals surface area contributed by atoms with Crippen molar-refractivity contribution in [3.8, 4) is 0 Å². The standard InChI is InChI=1S/C8H12N4/c1-7(2)4-8(3)11-12-5-9-10-6-12/h4-6H,1-3H3/b11-8+. The number of hydrogen-bond acceptors (Lipinski definition) is 3. The first kappa shape index (κ1) is 8.64. The van der Waals surface area contributed by atoms with Gasteiger partial charge in [-0.2, -0.15) is 5.10 Å². The molecule has 0 bridgehead atoms. The van der Waals surface area contributed by atoms with Crippen molar-refractivity contribution in [2.45, 2.75) is 20.8 Å². The minimum absolute atomic E-state index is 0.940. The van der Waals surface area contributed by atoms with E-state index in [2.05, 4.69) is 15.3 Å². The fraction of sp³-hybridized carbons (Fsp3) is 0.375. The zero-order chi connectivity index (χ0) is 8.97. The zero-order valence-corrected chi connectivity index (χ0v) is 7.52. The Balaban J connectivity index is 2.77. The number of hydrogen-bond donors (Lipinski definition) is 0. The Labute approximate surface area is 71.6 Å². The molecule has 0 unspecified atom stereocenters. The summed E-state index contributed by atoms with van der Waals surface area (Å²) in [5, 5.41) is 11.5. The SMILES string of the molecule is CC(C)=C/C(C)=N/n1cnnc1. The molecule has 0 aromatic carbocycles. The van der Waals surface area contributed by atoms with Gasteiger partial charge in [0.05, 0.1) is 5.71 Å². The van der Waals surface area contributed by atoms with Crippen LogP contribution in [0.3, 0.4) is 0 Å². The van der Waals surface area contributed by atoms with Crippen LogP contribution in [0.25, 0.3) is 0 Å². The quantitative estimate of drug-likeness (QED) is 0.621. The Kier molecular flexibility index (Phi) is 2.74. The highest BCUT2D eigenvalue weighted by molar-refractivity contribution is 5.93. The van der Waals surface area contributed by atoms with Crippen molar-refractivity contribution in [2.24, 2.45) is 5.10 Å². The second kappa shape index (κ2) is 3.80. The molecule has 1 rings (SSSR count). The first-order valence-corrected chi connectivity index (χ1v) is 3.73. The van der Waals surface area contributed by atoms with Crippen molar-refractivity contribution < 1.29 is 0 Å². The minimum atomic E-state index is 0.940. The van der Waals surface area contributed by atoms with Crippen molar-refractivity contribution in [3.05, 3.63) is 24.3 Å². The Morgan fingerprint density at radius 2 is 1.83 bits per heavy atom. The molecular formula is C8H12N4. The number of nitrogens with zero attached hydrogens (tertiary/aromatic N) is 4. The summed E-state index contributed by atoms with van der Waals surface area (Å²) in [5.74, 6) is 0. The lowest BCUT2D eigenvalue weighted by atomic mass is 10.3. The number of aromatic nitrogens is 3. The predicted octanol–water partition coefficient (Wildman–Crippen LogP) is 1.47. The summed E-state index contributed by atoms with van der Waals surface area (Å²) in [4.78, 5) is 0. The summed E-state index contributed by atoms with van der Waals surface area (Å²) >= 11 is 0. The molecule has 0 fully saturated rings. The van der Waals surface area contributed by atoms with E-state index in [0.29, 0.717) is 0 Å². The largest absolute Gasteiger partial charge is 0.207 e. The minimum Gasteiger partial charge on any atom is -0.207 e. The molecule has 1 heterocycles. The Bertz CT molecular complexity index is 291. The topological polar surface area (TPSA) is 43.1 Å². The first-order valence-electron chi connectivity index (χ1n) is 3.73. The molecule has 4 nitrogen and oxygen atoms in total. The smallest absolute Gasteiger partial charge is 0.141 e. The molecule has 0 radical (unpaired) electrons. The van der Waals surface area contributed by atoms with Crippen molar-refractivity contribution in [3.63, 3.8) is 0 Å². The summed E-state index contributed by atoms with van der Waals surface area (Å²) in [5.41, 5.74) is 2.17. The molecule has 0 spiro atoms. The summed E-state index contributed by atoms with van der Waals surface area (Å²) in [6.45, 7) is 6.00. The maximum Gasteiger partial charge on any atom is 0.141 e. The Morgan fingerprint density at radius 3 is 2.33 bits per heavy atom. The average molecular weight is 164 g/mol. The monoisotopic (exact) mass is 164 g/mol. The fourth-order valence-electron chi connectivity index (χ4n) is 0.876. The van der Waals surface area contributed by atoms with Crippen LogP contribution in [0.4, 0.5) is 0 Å². The van der Waals surface area contributed by atoms with Crippen molar-refractivity contribution in [2.75, 3.05) is 0 Å². The van der Waals surface area contributed by atoms with Crippen LogP contribution in [0.1, 0.15) is 20.8 Å². The van der Waals surface area contributed by atoms with E-state index in [-0.39, 0.29) is 0 Å². The summed E-state index contributed by atoms with van der Waals surface area (Å²) in [6.07, 6.45) is 5.12. The fourth-order valence-corrected chi connectivity index (χ4v) is 0.876. The molecule has 0 atom stereocenters. The van der Waals surface area contributed by atoms with Gasteiger partial charge in [-0.05, 0) is 26.8 Å². The van der Waals surface area contributed by atoms with Crippen LogP contribution in [0.5, 0.6) is 0 Å². The van der Waals surface area contributed by atoms with Gasteiger partial charge >= 0.3 is 0 Å². The summed E-state index contributed by atoms with van der Waals surface area (Å²) in [6, 6.07) is 0. The van der Waals surface area contributed by atoms with Crippen LogP contribution in [-0.4, -0.2) is 20.6 Å². The normalized spacial score (nSPS) is 11.4. The maximum absolute atomic E-state index is 4.19. The van der Waals surface area contributed by atoms with Crippen LogP contribution in [0.2, 0.25) is 0 Å². The maximum atomic E-state index is 4.19. The number of allylic oxidation sites excluding steroid dienone is 2. The van der Waals surface area contributed by atoms with E-state index in [9.17, 15) is 0 Å². The molecule has 12 heavy (non-hydrogen) atoms. The highest BCUT2D eigenvalue weighted by atomic mass is 15.4. The molecule has 1 aromatic heterocycles. The molecule has 0 amide bonds. The van der Waals surface area contributed by atoms with Gasteiger partial charge in [0.25, 0.3) is 0 Å². The van der Waals surface area contributed by atoms with E-state index >= 15 is 0 Å². The van der Waals surface area contributed by atoms with Crippen molar-refractivity contribution in [1.29, 1.82) is 0 Å². The Morgan fingerprint density at radius 1 is 1.25 bits per heavy atom. The van der Waals surface area contributed by atoms with E-state index in [1.54, 1.807) is 17.3 Å². The van der Waals surface area contributed by atoms with E-state index < -0.39 is 0 Å². The van der Waals surface area contributed by atoms with Gasteiger partial charge in [-0.3, -0.25) is 0 Å². The lowest BCUT2D eigenvalue weighted by molar-refractivity contribution is 0.871. The van der Waals surface area contributed by atoms with Gasteiger partial charge in [0.2, 0.25) is 0 Å². The highest BCUT2D eigenvalue weighted by Crippen LogP contribution is 1.92. The molecule has 0 saturated carbocycles. The zero-order valence-electron chi connectivity index (χ0n) is 7.52. The van der Waals surface area contributed by atoms with Gasteiger partial charge in [-0.25, -0.2) is 4.68 Å².